The third kappa shape index (κ3) is 5.67. The summed E-state index contributed by atoms with van der Waals surface area (Å²) in [7, 11) is -1.17. The van der Waals surface area contributed by atoms with E-state index in [0.29, 0.717) is 22.1 Å². The topological polar surface area (TPSA) is 153 Å². The number of nitrogens with zero attached hydrogens (tertiary/aromatic N) is 4. The summed E-state index contributed by atoms with van der Waals surface area (Å²) < 4.78 is 36.7. The van der Waals surface area contributed by atoms with Crippen LogP contribution < -0.4 is 20.1 Å². The summed E-state index contributed by atoms with van der Waals surface area (Å²) >= 11 is 5.91. The normalized spacial score (nSPS) is 20.0. The largest absolute Gasteiger partial charge is 0.479 e. The molecular weight excluding hydrogens is 499 g/mol. The Balaban J connectivity index is 1.42. The van der Waals surface area contributed by atoms with Crippen LogP contribution in [0.15, 0.2) is 30.6 Å². The molecule has 2 heterocycles. The van der Waals surface area contributed by atoms with Gasteiger partial charge >= 0.3 is 13.7 Å². The SMILES string of the molecule is COC(=O)[C@H](C)NP(=O)(OC[C@H]1C[C@@H](n2cnc3c(OC)nc(N)nc32)C1)Oc1ccc(Cl)cc1. The third-order valence-corrected chi connectivity index (χ3v) is 7.53. The fourth-order valence-electron chi connectivity index (χ4n) is 3.77. The molecule has 35 heavy (non-hydrogen) atoms. The van der Waals surface area contributed by atoms with Crippen LogP contribution in [0.1, 0.15) is 25.8 Å². The zero-order chi connectivity index (χ0) is 25.2. The van der Waals surface area contributed by atoms with Crippen LogP contribution in [-0.4, -0.2) is 52.4 Å². The van der Waals surface area contributed by atoms with Crippen molar-refractivity contribution in [3.63, 3.8) is 0 Å². The monoisotopic (exact) mass is 524 g/mol. The highest BCUT2D eigenvalue weighted by Crippen LogP contribution is 2.48. The summed E-state index contributed by atoms with van der Waals surface area (Å²) in [5, 5.41) is 3.14. The average molecular weight is 525 g/mol. The van der Waals surface area contributed by atoms with Crippen LogP contribution >= 0.6 is 19.3 Å². The number of rotatable bonds is 10. The van der Waals surface area contributed by atoms with Crippen molar-refractivity contribution in [2.24, 2.45) is 5.92 Å². The lowest BCUT2D eigenvalue weighted by atomic mass is 9.81. The van der Waals surface area contributed by atoms with Crippen LogP contribution in [0.3, 0.4) is 0 Å². The average Bonchev–Trinajstić information content (AvgIpc) is 3.21. The van der Waals surface area contributed by atoms with E-state index in [1.807, 2.05) is 4.57 Å². The maximum absolute atomic E-state index is 13.5. The molecule has 2 atom stereocenters. The van der Waals surface area contributed by atoms with Gasteiger partial charge in [-0.1, -0.05) is 11.6 Å². The first-order valence-corrected chi connectivity index (χ1v) is 12.7. The first-order chi connectivity index (χ1) is 16.7. The molecule has 0 amide bonds. The quantitative estimate of drug-likeness (QED) is 0.296. The Bertz CT molecular complexity index is 1250. The molecule has 12 nitrogen and oxygen atoms in total. The molecule has 4 rings (SSSR count). The van der Waals surface area contributed by atoms with Crippen LogP contribution in [0.4, 0.5) is 5.95 Å². The molecule has 1 aliphatic rings. The Labute approximate surface area is 206 Å². The van der Waals surface area contributed by atoms with E-state index in [1.165, 1.54) is 21.1 Å². The molecule has 1 aromatic carbocycles. The van der Waals surface area contributed by atoms with Crippen molar-refractivity contribution >= 4 is 42.4 Å². The van der Waals surface area contributed by atoms with Gasteiger partial charge in [0.25, 0.3) is 0 Å². The van der Waals surface area contributed by atoms with Gasteiger partial charge in [-0.15, -0.1) is 0 Å². The van der Waals surface area contributed by atoms with Crippen molar-refractivity contribution in [2.45, 2.75) is 31.8 Å². The molecule has 0 radical (unpaired) electrons. The van der Waals surface area contributed by atoms with Gasteiger partial charge in [-0.3, -0.25) is 9.32 Å². The Morgan fingerprint density at radius 1 is 1.29 bits per heavy atom. The minimum Gasteiger partial charge on any atom is -0.479 e. The molecule has 1 fully saturated rings. The Hall–Kier alpha value is -2.92. The smallest absolute Gasteiger partial charge is 0.459 e. The summed E-state index contributed by atoms with van der Waals surface area (Å²) in [5.74, 6) is 0.194. The number of hydrogen-bond acceptors (Lipinski definition) is 10. The van der Waals surface area contributed by atoms with E-state index < -0.39 is 19.8 Å². The lowest BCUT2D eigenvalue weighted by Crippen LogP contribution is -2.36. The summed E-state index contributed by atoms with van der Waals surface area (Å²) in [6.07, 6.45) is 3.13. The molecule has 2 aromatic heterocycles. The van der Waals surface area contributed by atoms with Crippen molar-refractivity contribution in [2.75, 3.05) is 26.6 Å². The summed E-state index contributed by atoms with van der Waals surface area (Å²) in [6.45, 7) is 1.66. The third-order valence-electron chi connectivity index (χ3n) is 5.63. The number of imidazole rings is 1. The number of anilines is 1. The van der Waals surface area contributed by atoms with Crippen molar-refractivity contribution in [3.8, 4) is 11.6 Å². The number of nitrogens with one attached hydrogen (secondary N) is 1. The number of aromatic nitrogens is 4. The molecule has 0 saturated heterocycles. The first-order valence-electron chi connectivity index (χ1n) is 10.8. The zero-order valence-corrected chi connectivity index (χ0v) is 21.0. The number of halogens is 1. The molecule has 1 unspecified atom stereocenters. The number of ether oxygens (including phenoxy) is 2. The molecule has 0 bridgehead atoms. The van der Waals surface area contributed by atoms with Gasteiger partial charge in [-0.2, -0.15) is 15.1 Å². The van der Waals surface area contributed by atoms with Crippen molar-refractivity contribution in [1.82, 2.24) is 24.6 Å². The van der Waals surface area contributed by atoms with Crippen LogP contribution in [0, 0.1) is 5.92 Å². The highest BCUT2D eigenvalue weighted by Gasteiger charge is 2.37. The van der Waals surface area contributed by atoms with Gasteiger partial charge in [0.1, 0.15) is 11.8 Å². The van der Waals surface area contributed by atoms with E-state index in [2.05, 4.69) is 20.0 Å². The molecule has 0 aliphatic heterocycles. The molecule has 3 N–H and O–H groups in total. The lowest BCUT2D eigenvalue weighted by molar-refractivity contribution is -0.142. The molecule has 14 heteroatoms. The number of methoxy groups -OCH3 is 2. The van der Waals surface area contributed by atoms with Gasteiger partial charge in [0.2, 0.25) is 11.8 Å². The number of carbonyl (C=O) groups excluding carboxylic acids is 1. The van der Waals surface area contributed by atoms with Crippen LogP contribution in [0.2, 0.25) is 5.02 Å². The lowest BCUT2D eigenvalue weighted by Gasteiger charge is -2.36. The second-order valence-electron chi connectivity index (χ2n) is 8.12. The summed E-state index contributed by atoms with van der Waals surface area (Å²) in [4.78, 5) is 24.6. The second-order valence-corrected chi connectivity index (χ2v) is 10.2. The molecule has 1 aliphatic carbocycles. The molecule has 0 spiro atoms. The number of esters is 1. The number of hydrogen-bond donors (Lipinski definition) is 2. The Morgan fingerprint density at radius 3 is 2.66 bits per heavy atom. The Kier molecular flexibility index (Phi) is 7.46. The first kappa shape index (κ1) is 25.2. The standard InChI is InChI=1S/C21H26ClN6O6P/c1-12(20(29)32-3)27-35(30,34-16-6-4-14(22)5-7-16)33-10-13-8-15(9-13)28-11-24-17-18(28)25-21(23)26-19(17)31-2/h4-7,11-13,15H,8-10H2,1-3H3,(H,27,30)(H2,23,25,26)/t12-,13-,15+,35?/m0/s1. The maximum Gasteiger partial charge on any atom is 0.459 e. The zero-order valence-electron chi connectivity index (χ0n) is 19.4. The summed E-state index contributed by atoms with van der Waals surface area (Å²) in [6, 6.07) is 5.52. The van der Waals surface area contributed by atoms with E-state index in [4.69, 9.17) is 35.9 Å². The van der Waals surface area contributed by atoms with Gasteiger partial charge in [-0.25, -0.2) is 9.55 Å². The number of benzene rings is 1. The van der Waals surface area contributed by atoms with Crippen LogP contribution in [-0.2, 0) is 18.6 Å². The number of fused-ring (bicyclic) bond motifs is 1. The van der Waals surface area contributed by atoms with Crippen molar-refractivity contribution in [1.29, 1.82) is 0 Å². The highest BCUT2D eigenvalue weighted by molar-refractivity contribution is 7.52. The molecule has 3 aromatic rings. The molecular formula is C21H26ClN6O6P. The fraction of sp³-hybridized carbons (Fsp3) is 0.429. The van der Waals surface area contributed by atoms with E-state index in [-0.39, 0.29) is 30.3 Å². The number of carbonyl (C=O) groups is 1. The fourth-order valence-corrected chi connectivity index (χ4v) is 5.47. The second kappa shape index (κ2) is 10.4. The predicted octanol–water partition coefficient (Wildman–Crippen LogP) is 3.38. The minimum atomic E-state index is -3.92. The molecule has 1 saturated carbocycles. The maximum atomic E-state index is 13.5. The van der Waals surface area contributed by atoms with Gasteiger partial charge in [0.15, 0.2) is 11.2 Å². The summed E-state index contributed by atoms with van der Waals surface area (Å²) in [5.41, 5.74) is 6.92. The van der Waals surface area contributed by atoms with Gasteiger partial charge in [-0.05, 0) is 49.9 Å². The van der Waals surface area contributed by atoms with E-state index in [0.717, 1.165) is 12.8 Å². The van der Waals surface area contributed by atoms with Gasteiger partial charge < -0.3 is 24.3 Å². The van der Waals surface area contributed by atoms with E-state index in [1.54, 1.807) is 30.6 Å². The Morgan fingerprint density at radius 2 is 2.00 bits per heavy atom. The van der Waals surface area contributed by atoms with Gasteiger partial charge in [0, 0.05) is 11.1 Å². The predicted molar refractivity (Wildman–Crippen MR) is 128 cm³/mol. The van der Waals surface area contributed by atoms with Gasteiger partial charge in [0.05, 0.1) is 27.2 Å². The number of nitrogens with two attached hydrogens (primary N) is 1. The number of nitrogen functional groups attached to an aromatic ring is 1. The van der Waals surface area contributed by atoms with E-state index in [9.17, 15) is 9.36 Å². The minimum absolute atomic E-state index is 0.0934. The molecule has 188 valence electrons. The highest BCUT2D eigenvalue weighted by atomic mass is 35.5. The van der Waals surface area contributed by atoms with Crippen molar-refractivity contribution < 1.29 is 27.9 Å². The van der Waals surface area contributed by atoms with Crippen molar-refractivity contribution in [3.05, 3.63) is 35.6 Å². The van der Waals surface area contributed by atoms with E-state index >= 15 is 0 Å². The van der Waals surface area contributed by atoms with Crippen LogP contribution in [0.25, 0.3) is 11.2 Å². The van der Waals surface area contributed by atoms with Crippen LogP contribution in [0.5, 0.6) is 11.6 Å².